The van der Waals surface area contributed by atoms with E-state index >= 15 is 0 Å². The molecule has 0 bridgehead atoms. The van der Waals surface area contributed by atoms with Crippen LogP contribution in [0.25, 0.3) is 0 Å². The van der Waals surface area contributed by atoms with Crippen molar-refractivity contribution in [2.24, 2.45) is 0 Å². The molecule has 3 rings (SSSR count). The van der Waals surface area contributed by atoms with Crippen molar-refractivity contribution in [3.63, 3.8) is 0 Å². The molecule has 3 heteroatoms. The molecule has 0 amide bonds. The third-order valence-corrected chi connectivity index (χ3v) is 4.64. The summed E-state index contributed by atoms with van der Waals surface area (Å²) in [5.74, 6) is 5.27. The predicted molar refractivity (Wildman–Crippen MR) is 115 cm³/mol. The van der Waals surface area contributed by atoms with Gasteiger partial charge >= 0.3 is 0 Å². The first-order valence-electron chi connectivity index (χ1n) is 9.50. The van der Waals surface area contributed by atoms with Gasteiger partial charge in [-0.1, -0.05) is 72.0 Å². The second kappa shape index (κ2) is 9.61. The van der Waals surface area contributed by atoms with Gasteiger partial charge in [0.15, 0.2) is 5.78 Å². The molecule has 0 saturated carbocycles. The highest BCUT2D eigenvalue weighted by atomic mass is 19.1. The molecule has 0 aromatic heterocycles. The Bertz CT molecular complexity index is 1060. The summed E-state index contributed by atoms with van der Waals surface area (Å²) in [5, 5.41) is 8.33. The van der Waals surface area contributed by atoms with Crippen molar-refractivity contribution < 1.29 is 9.18 Å². The van der Waals surface area contributed by atoms with Crippen LogP contribution in [0.1, 0.15) is 45.8 Å². The molecule has 0 spiro atoms. The first-order valence-corrected chi connectivity index (χ1v) is 9.50. The van der Waals surface area contributed by atoms with Crippen LogP contribution in [0.4, 0.5) is 4.39 Å². The number of nitrogens with one attached hydrogen (secondary N) is 1. The van der Waals surface area contributed by atoms with E-state index in [0.29, 0.717) is 6.42 Å². The van der Waals surface area contributed by atoms with Gasteiger partial charge in [0, 0.05) is 24.1 Å². The maximum Gasteiger partial charge on any atom is 0.171 e. The summed E-state index contributed by atoms with van der Waals surface area (Å²) in [6.45, 7) is 2.02. The Morgan fingerprint density at radius 2 is 1.62 bits per heavy atom. The molecular weight excluding hydrogens is 361 g/mol. The molecule has 1 N–H and O–H groups in total. The number of benzene rings is 3. The first kappa shape index (κ1) is 20.2. The maximum absolute atomic E-state index is 13.9. The van der Waals surface area contributed by atoms with Crippen molar-refractivity contribution in [1.82, 2.24) is 0 Å². The molecule has 0 saturated heterocycles. The van der Waals surface area contributed by atoms with Crippen molar-refractivity contribution in [3.8, 4) is 11.8 Å². The fourth-order valence-corrected chi connectivity index (χ4v) is 3.04. The van der Waals surface area contributed by atoms with Crippen LogP contribution in [-0.4, -0.2) is 11.5 Å². The number of Topliss-reactive ketones (excluding diaryl/α,β-unsaturated/α-hetero) is 1. The van der Waals surface area contributed by atoms with E-state index in [-0.39, 0.29) is 29.4 Å². The topological polar surface area (TPSA) is 40.9 Å². The molecule has 0 radical (unpaired) electrons. The number of aryl methyl sites for hydroxylation is 1. The normalized spacial score (nSPS) is 11.2. The summed E-state index contributed by atoms with van der Waals surface area (Å²) in [7, 11) is 0. The molecule has 1 atom stereocenters. The number of hydrogen-bond acceptors (Lipinski definition) is 2. The monoisotopic (exact) mass is 383 g/mol. The molecule has 3 aromatic rings. The van der Waals surface area contributed by atoms with Crippen LogP contribution >= 0.6 is 0 Å². The highest BCUT2D eigenvalue weighted by Gasteiger charge is 2.17. The van der Waals surface area contributed by atoms with E-state index in [4.69, 9.17) is 5.41 Å². The van der Waals surface area contributed by atoms with Gasteiger partial charge < -0.3 is 5.41 Å². The molecule has 0 aliphatic rings. The molecule has 0 aliphatic carbocycles. The smallest absolute Gasteiger partial charge is 0.171 e. The summed E-state index contributed by atoms with van der Waals surface area (Å²) in [6, 6.07) is 23.6. The molecule has 1 unspecified atom stereocenters. The molecule has 2 nitrogen and oxygen atoms in total. The summed E-state index contributed by atoms with van der Waals surface area (Å²) in [6.07, 6.45) is 0.208. The van der Waals surface area contributed by atoms with Gasteiger partial charge in [-0.25, -0.2) is 4.39 Å². The lowest BCUT2D eigenvalue weighted by Gasteiger charge is -2.13. The van der Waals surface area contributed by atoms with Gasteiger partial charge in [0.2, 0.25) is 0 Å². The highest BCUT2D eigenvalue weighted by molar-refractivity contribution is 6.09. The lowest BCUT2D eigenvalue weighted by molar-refractivity contribution is 0.0996. The molecule has 0 heterocycles. The largest absolute Gasteiger partial charge is 0.309 e. The Balaban J connectivity index is 1.78. The quantitative estimate of drug-likeness (QED) is 0.319. The fourth-order valence-electron chi connectivity index (χ4n) is 3.04. The second-order valence-corrected chi connectivity index (χ2v) is 6.99. The third-order valence-electron chi connectivity index (χ3n) is 4.64. The second-order valence-electron chi connectivity index (χ2n) is 6.99. The molecule has 144 valence electrons. The zero-order valence-electron chi connectivity index (χ0n) is 16.3. The third kappa shape index (κ3) is 5.73. The molecule has 29 heavy (non-hydrogen) atoms. The maximum atomic E-state index is 13.9. The Hall–Kier alpha value is -3.51. The molecular formula is C26H22FNO. The lowest BCUT2D eigenvalue weighted by atomic mass is 9.91. The van der Waals surface area contributed by atoms with Gasteiger partial charge in [-0.05, 0) is 36.8 Å². The minimum absolute atomic E-state index is 0.0273. The van der Waals surface area contributed by atoms with Crippen LogP contribution in [0, 0.1) is 30.0 Å². The van der Waals surface area contributed by atoms with Gasteiger partial charge in [-0.3, -0.25) is 4.79 Å². The Labute approximate surface area is 170 Å². The van der Waals surface area contributed by atoms with Crippen LogP contribution in [-0.2, 0) is 0 Å². The fraction of sp³-hybridized carbons (Fsp3) is 0.154. The number of hydrogen-bond donors (Lipinski definition) is 1. The van der Waals surface area contributed by atoms with E-state index in [9.17, 15) is 9.18 Å². The standard InChI is InChI=1S/C26H22FNO/c1-19-11-14-21(15-12-19)22(16-13-20-7-3-2-4-8-20)17-23(28)18-26(29)24-9-5-6-10-25(24)27/h2-12,14-15,22,28H,17-18H2,1H3. The molecule has 0 fully saturated rings. The van der Waals surface area contributed by atoms with Gasteiger partial charge in [0.1, 0.15) is 5.82 Å². The van der Waals surface area contributed by atoms with Crippen molar-refractivity contribution >= 4 is 11.5 Å². The Kier molecular flexibility index (Phi) is 6.71. The van der Waals surface area contributed by atoms with Crippen molar-refractivity contribution in [2.75, 3.05) is 0 Å². The van der Waals surface area contributed by atoms with E-state index in [1.807, 2.05) is 61.5 Å². The number of carbonyl (C=O) groups excluding carboxylic acids is 1. The lowest BCUT2D eigenvalue weighted by Crippen LogP contribution is -2.12. The molecule has 3 aromatic carbocycles. The number of carbonyl (C=O) groups is 1. The summed E-state index contributed by atoms with van der Waals surface area (Å²) >= 11 is 0. The van der Waals surface area contributed by atoms with Gasteiger partial charge in [-0.2, -0.15) is 0 Å². The highest BCUT2D eigenvalue weighted by Crippen LogP contribution is 2.22. The van der Waals surface area contributed by atoms with Crippen LogP contribution in [0.5, 0.6) is 0 Å². The average Bonchev–Trinajstić information content (AvgIpc) is 2.72. The summed E-state index contributed by atoms with van der Waals surface area (Å²) < 4.78 is 13.9. The van der Waals surface area contributed by atoms with Gasteiger partial charge in [-0.15, -0.1) is 0 Å². The van der Waals surface area contributed by atoms with E-state index in [1.54, 1.807) is 12.1 Å². The van der Waals surface area contributed by atoms with Crippen LogP contribution < -0.4 is 0 Å². The number of halogens is 1. The average molecular weight is 383 g/mol. The number of ketones is 1. The van der Waals surface area contributed by atoms with E-state index in [0.717, 1.165) is 16.7 Å². The first-order chi connectivity index (χ1) is 14.0. The summed E-state index contributed by atoms with van der Waals surface area (Å²) in [5.41, 5.74) is 3.32. The number of rotatable bonds is 6. The van der Waals surface area contributed by atoms with Crippen molar-refractivity contribution in [3.05, 3.63) is 107 Å². The van der Waals surface area contributed by atoms with Gasteiger partial charge in [0.05, 0.1) is 11.5 Å². The van der Waals surface area contributed by atoms with Gasteiger partial charge in [0.25, 0.3) is 0 Å². The van der Waals surface area contributed by atoms with Crippen LogP contribution in [0.15, 0.2) is 78.9 Å². The van der Waals surface area contributed by atoms with E-state index in [2.05, 4.69) is 11.8 Å². The van der Waals surface area contributed by atoms with E-state index < -0.39 is 5.82 Å². The van der Waals surface area contributed by atoms with Crippen LogP contribution in [0.2, 0.25) is 0 Å². The predicted octanol–water partition coefficient (Wildman–Crippen LogP) is 5.95. The zero-order chi connectivity index (χ0) is 20.6. The van der Waals surface area contributed by atoms with Crippen molar-refractivity contribution in [1.29, 1.82) is 5.41 Å². The Morgan fingerprint density at radius 3 is 2.31 bits per heavy atom. The SMILES string of the molecule is Cc1ccc(C(C#Cc2ccccc2)CC(=N)CC(=O)c2ccccc2F)cc1. The van der Waals surface area contributed by atoms with E-state index in [1.165, 1.54) is 12.1 Å². The minimum atomic E-state index is -0.552. The molecule has 0 aliphatic heterocycles. The van der Waals surface area contributed by atoms with Crippen LogP contribution in [0.3, 0.4) is 0 Å². The zero-order valence-corrected chi connectivity index (χ0v) is 16.3. The van der Waals surface area contributed by atoms with Crippen molar-refractivity contribution in [2.45, 2.75) is 25.7 Å². The Morgan fingerprint density at radius 1 is 0.966 bits per heavy atom. The minimum Gasteiger partial charge on any atom is -0.309 e. The summed E-state index contributed by atoms with van der Waals surface area (Å²) in [4.78, 5) is 12.4.